The molecular weight excluding hydrogens is 322 g/mol. The van der Waals surface area contributed by atoms with E-state index < -0.39 is 6.10 Å². The van der Waals surface area contributed by atoms with E-state index in [4.69, 9.17) is 4.84 Å². The third kappa shape index (κ3) is 6.18. The molecule has 8 nitrogen and oxygen atoms in total. The molecule has 3 N–H and O–H groups in total. The van der Waals surface area contributed by atoms with E-state index >= 15 is 0 Å². The number of hydrogen-bond donors (Lipinski definition) is 3. The van der Waals surface area contributed by atoms with Crippen molar-refractivity contribution in [2.24, 2.45) is 0 Å². The number of aliphatic hydroxyl groups is 1. The predicted molar refractivity (Wildman–Crippen MR) is 96.3 cm³/mol. The normalized spacial score (nSPS) is 12.2. The summed E-state index contributed by atoms with van der Waals surface area (Å²) in [6.07, 6.45) is 3.47. The number of aliphatic hydroxyl groups excluding tert-OH is 1. The number of hydrogen-bond acceptors (Lipinski definition) is 5. The summed E-state index contributed by atoms with van der Waals surface area (Å²) >= 11 is 0. The van der Waals surface area contributed by atoms with Gasteiger partial charge in [0, 0.05) is 18.9 Å². The van der Waals surface area contributed by atoms with Crippen LogP contribution in [0.2, 0.25) is 0 Å². The lowest BCUT2D eigenvalue weighted by Gasteiger charge is -2.17. The Hall–Kier alpha value is -2.42. The largest absolute Gasteiger partial charge is 0.390 e. The summed E-state index contributed by atoms with van der Waals surface area (Å²) in [5.41, 5.74) is 2.44. The van der Waals surface area contributed by atoms with Gasteiger partial charge >= 0.3 is 6.03 Å². The van der Waals surface area contributed by atoms with Crippen LogP contribution >= 0.6 is 0 Å². The second-order valence-electron chi connectivity index (χ2n) is 5.73. The second-order valence-corrected chi connectivity index (χ2v) is 5.73. The fourth-order valence-electron chi connectivity index (χ4n) is 2.34. The van der Waals surface area contributed by atoms with Crippen molar-refractivity contribution >= 4 is 17.4 Å². The van der Waals surface area contributed by atoms with E-state index in [1.807, 2.05) is 24.3 Å². The van der Waals surface area contributed by atoms with E-state index in [0.717, 1.165) is 17.7 Å². The van der Waals surface area contributed by atoms with Gasteiger partial charge in [0.05, 0.1) is 38.2 Å². The molecule has 0 radical (unpaired) electrons. The molecule has 0 unspecified atom stereocenters. The Morgan fingerprint density at radius 2 is 2.16 bits per heavy atom. The van der Waals surface area contributed by atoms with Crippen molar-refractivity contribution in [1.82, 2.24) is 14.8 Å². The number of rotatable bonds is 8. The highest BCUT2D eigenvalue weighted by atomic mass is 16.7. The molecular formula is C17H25N5O3. The fraction of sp³-hybridized carbons (Fsp3) is 0.412. The van der Waals surface area contributed by atoms with Crippen LogP contribution in [-0.4, -0.2) is 52.8 Å². The molecule has 1 atom stereocenters. The van der Waals surface area contributed by atoms with Gasteiger partial charge in [-0.25, -0.2) is 4.79 Å². The SMILES string of the molecule is CCc1cccc(NC(=O)Nc2cnn(C[C@@H](O)CN(C)OC)c2)c1. The lowest BCUT2D eigenvalue weighted by Crippen LogP contribution is -2.31. The maximum Gasteiger partial charge on any atom is 0.323 e. The molecule has 1 aromatic carbocycles. The topological polar surface area (TPSA) is 91.7 Å². The van der Waals surface area contributed by atoms with Gasteiger partial charge in [0.15, 0.2) is 0 Å². The van der Waals surface area contributed by atoms with Gasteiger partial charge in [0.2, 0.25) is 0 Å². The maximum absolute atomic E-state index is 12.1. The van der Waals surface area contributed by atoms with Crippen LogP contribution < -0.4 is 10.6 Å². The monoisotopic (exact) mass is 347 g/mol. The molecule has 0 aliphatic carbocycles. The van der Waals surface area contributed by atoms with E-state index in [9.17, 15) is 9.90 Å². The molecule has 0 saturated carbocycles. The predicted octanol–water partition coefficient (Wildman–Crippen LogP) is 1.94. The zero-order valence-electron chi connectivity index (χ0n) is 14.8. The molecule has 136 valence electrons. The van der Waals surface area contributed by atoms with E-state index in [2.05, 4.69) is 22.7 Å². The minimum atomic E-state index is -0.636. The number of hydroxylamine groups is 2. The lowest BCUT2D eigenvalue weighted by atomic mass is 10.1. The molecule has 25 heavy (non-hydrogen) atoms. The molecule has 0 aliphatic heterocycles. The summed E-state index contributed by atoms with van der Waals surface area (Å²) in [6, 6.07) is 7.35. The van der Waals surface area contributed by atoms with Gasteiger partial charge in [-0.2, -0.15) is 10.2 Å². The Balaban J connectivity index is 1.86. The summed E-state index contributed by atoms with van der Waals surface area (Å²) < 4.78 is 1.57. The van der Waals surface area contributed by atoms with Gasteiger partial charge in [-0.15, -0.1) is 0 Å². The Labute approximate surface area is 147 Å². The summed E-state index contributed by atoms with van der Waals surface area (Å²) in [6.45, 7) is 2.72. The molecule has 2 aromatic rings. The minimum absolute atomic E-state index is 0.301. The Kier molecular flexibility index (Phi) is 6.93. The number of aromatic nitrogens is 2. The van der Waals surface area contributed by atoms with Gasteiger partial charge in [-0.3, -0.25) is 4.68 Å². The molecule has 1 heterocycles. The molecule has 0 saturated heterocycles. The van der Waals surface area contributed by atoms with Crippen molar-refractivity contribution in [3.05, 3.63) is 42.2 Å². The van der Waals surface area contributed by atoms with Crippen molar-refractivity contribution in [2.45, 2.75) is 26.0 Å². The number of nitrogens with zero attached hydrogens (tertiary/aromatic N) is 3. The molecule has 2 amide bonds. The molecule has 0 bridgehead atoms. The summed E-state index contributed by atoms with van der Waals surface area (Å²) in [5.74, 6) is 0. The third-order valence-corrected chi connectivity index (χ3v) is 3.66. The number of likely N-dealkylation sites (N-methyl/N-ethyl adjacent to an activating group) is 1. The molecule has 0 fully saturated rings. The number of nitrogens with one attached hydrogen (secondary N) is 2. The smallest absolute Gasteiger partial charge is 0.323 e. The Morgan fingerprint density at radius 3 is 2.88 bits per heavy atom. The average molecular weight is 347 g/mol. The van der Waals surface area contributed by atoms with Crippen LogP contribution in [-0.2, 0) is 17.8 Å². The first-order chi connectivity index (χ1) is 12.0. The van der Waals surface area contributed by atoms with Gasteiger partial charge < -0.3 is 20.6 Å². The first-order valence-electron chi connectivity index (χ1n) is 8.13. The first-order valence-corrected chi connectivity index (χ1v) is 8.13. The number of anilines is 2. The van der Waals surface area contributed by atoms with E-state index in [0.29, 0.717) is 18.8 Å². The minimum Gasteiger partial charge on any atom is -0.390 e. The number of urea groups is 1. The van der Waals surface area contributed by atoms with Crippen LogP contribution in [0.1, 0.15) is 12.5 Å². The highest BCUT2D eigenvalue weighted by Gasteiger charge is 2.11. The van der Waals surface area contributed by atoms with E-state index in [1.54, 1.807) is 17.9 Å². The van der Waals surface area contributed by atoms with Crippen LogP contribution in [0.4, 0.5) is 16.2 Å². The fourth-order valence-corrected chi connectivity index (χ4v) is 2.34. The molecule has 2 rings (SSSR count). The molecule has 1 aromatic heterocycles. The zero-order chi connectivity index (χ0) is 18.2. The van der Waals surface area contributed by atoms with Crippen molar-refractivity contribution in [3.8, 4) is 0 Å². The van der Waals surface area contributed by atoms with Crippen LogP contribution in [0.5, 0.6) is 0 Å². The van der Waals surface area contributed by atoms with Crippen molar-refractivity contribution in [3.63, 3.8) is 0 Å². The number of carbonyl (C=O) groups excluding carboxylic acids is 1. The van der Waals surface area contributed by atoms with Gasteiger partial charge in [0.25, 0.3) is 0 Å². The van der Waals surface area contributed by atoms with Crippen molar-refractivity contribution in [1.29, 1.82) is 0 Å². The van der Waals surface area contributed by atoms with Crippen molar-refractivity contribution in [2.75, 3.05) is 31.3 Å². The third-order valence-electron chi connectivity index (χ3n) is 3.66. The molecule has 0 aliphatic rings. The van der Waals surface area contributed by atoms with Gasteiger partial charge in [0.1, 0.15) is 0 Å². The lowest BCUT2D eigenvalue weighted by molar-refractivity contribution is -0.129. The summed E-state index contributed by atoms with van der Waals surface area (Å²) in [7, 11) is 3.27. The van der Waals surface area contributed by atoms with Crippen molar-refractivity contribution < 1.29 is 14.7 Å². The number of benzene rings is 1. The van der Waals surface area contributed by atoms with Gasteiger partial charge in [-0.05, 0) is 24.1 Å². The second kappa shape index (κ2) is 9.16. The maximum atomic E-state index is 12.1. The summed E-state index contributed by atoms with van der Waals surface area (Å²) in [5, 5.41) is 21.1. The van der Waals surface area contributed by atoms with Crippen LogP contribution in [0.3, 0.4) is 0 Å². The highest BCUT2D eigenvalue weighted by molar-refractivity contribution is 5.99. The first kappa shape index (κ1) is 18.9. The highest BCUT2D eigenvalue weighted by Crippen LogP contribution is 2.12. The molecule has 8 heteroatoms. The number of amides is 2. The molecule has 0 spiro atoms. The standard InChI is InChI=1S/C17H25N5O3/c1-4-13-6-5-7-14(8-13)19-17(24)20-15-9-18-22(10-15)12-16(23)11-21(2)25-3/h5-10,16,23H,4,11-12H2,1-3H3,(H2,19,20,24)/t16-/m0/s1. The average Bonchev–Trinajstić information content (AvgIpc) is 3.01. The number of carbonyl (C=O) groups is 1. The Bertz CT molecular complexity index is 688. The van der Waals surface area contributed by atoms with E-state index in [-0.39, 0.29) is 6.03 Å². The van der Waals surface area contributed by atoms with E-state index in [1.165, 1.54) is 18.4 Å². The van der Waals surface area contributed by atoms with Gasteiger partial charge in [-0.1, -0.05) is 19.1 Å². The number of aryl methyl sites for hydroxylation is 1. The van der Waals surface area contributed by atoms with Crippen LogP contribution in [0.25, 0.3) is 0 Å². The Morgan fingerprint density at radius 1 is 1.40 bits per heavy atom. The summed E-state index contributed by atoms with van der Waals surface area (Å²) in [4.78, 5) is 17.0. The quantitative estimate of drug-likeness (QED) is 0.635. The van der Waals surface area contributed by atoms with Crippen LogP contribution in [0.15, 0.2) is 36.7 Å². The van der Waals surface area contributed by atoms with Crippen LogP contribution in [0, 0.1) is 0 Å². The zero-order valence-corrected chi connectivity index (χ0v) is 14.8.